The van der Waals surface area contributed by atoms with Crippen LogP contribution in [0.2, 0.25) is 0 Å². The predicted molar refractivity (Wildman–Crippen MR) is 87.3 cm³/mol. The van der Waals surface area contributed by atoms with E-state index in [0.717, 1.165) is 29.3 Å². The van der Waals surface area contributed by atoms with Gasteiger partial charge in [-0.25, -0.2) is 0 Å². The second-order valence-corrected chi connectivity index (χ2v) is 6.24. The summed E-state index contributed by atoms with van der Waals surface area (Å²) < 4.78 is 1.04. The van der Waals surface area contributed by atoms with Gasteiger partial charge in [0.15, 0.2) is 0 Å². The van der Waals surface area contributed by atoms with Crippen molar-refractivity contribution >= 4 is 21.6 Å². The van der Waals surface area contributed by atoms with E-state index in [2.05, 4.69) is 57.2 Å². The third-order valence-electron chi connectivity index (χ3n) is 3.77. The molecule has 1 aliphatic rings. The van der Waals surface area contributed by atoms with Crippen molar-refractivity contribution in [1.29, 1.82) is 0 Å². The van der Waals surface area contributed by atoms with Crippen molar-refractivity contribution in [1.82, 2.24) is 4.90 Å². The van der Waals surface area contributed by atoms with Crippen molar-refractivity contribution in [3.8, 4) is 0 Å². The Morgan fingerprint density at radius 3 is 2.45 bits per heavy atom. The SMILES string of the molecule is Nc1cccc(CN(Cc2ccccc2)C2CC2)c1Br. The smallest absolute Gasteiger partial charge is 0.0461 e. The standard InChI is InChI=1S/C17H19BrN2/c18-17-14(7-4-8-16(17)19)12-20(15-9-10-15)11-13-5-2-1-3-6-13/h1-8,15H,9-12,19H2. The van der Waals surface area contributed by atoms with Gasteiger partial charge in [0.2, 0.25) is 0 Å². The third-order valence-corrected chi connectivity index (χ3v) is 4.74. The molecule has 0 aliphatic heterocycles. The molecule has 0 unspecified atom stereocenters. The van der Waals surface area contributed by atoms with E-state index in [1.54, 1.807) is 0 Å². The minimum absolute atomic E-state index is 0.725. The second-order valence-electron chi connectivity index (χ2n) is 5.44. The summed E-state index contributed by atoms with van der Waals surface area (Å²) in [5, 5.41) is 0. The van der Waals surface area contributed by atoms with E-state index in [4.69, 9.17) is 5.73 Å². The lowest BCUT2D eigenvalue weighted by Gasteiger charge is -2.23. The minimum atomic E-state index is 0.725. The molecule has 0 heterocycles. The highest BCUT2D eigenvalue weighted by atomic mass is 79.9. The van der Waals surface area contributed by atoms with Crippen LogP contribution in [-0.4, -0.2) is 10.9 Å². The summed E-state index contributed by atoms with van der Waals surface area (Å²) in [6.45, 7) is 1.96. The van der Waals surface area contributed by atoms with Gasteiger partial charge in [0, 0.05) is 29.3 Å². The van der Waals surface area contributed by atoms with Crippen LogP contribution in [0, 0.1) is 0 Å². The Morgan fingerprint density at radius 1 is 1.00 bits per heavy atom. The molecule has 0 atom stereocenters. The molecule has 3 rings (SSSR count). The summed E-state index contributed by atoms with van der Waals surface area (Å²) in [5.74, 6) is 0. The number of benzene rings is 2. The largest absolute Gasteiger partial charge is 0.398 e. The summed E-state index contributed by atoms with van der Waals surface area (Å²) in [6.07, 6.45) is 2.62. The molecule has 104 valence electrons. The van der Waals surface area contributed by atoms with Crippen LogP contribution in [0.1, 0.15) is 24.0 Å². The van der Waals surface area contributed by atoms with E-state index in [0.29, 0.717) is 0 Å². The van der Waals surface area contributed by atoms with Crippen molar-refractivity contribution in [3.05, 3.63) is 64.1 Å². The molecule has 2 aromatic rings. The Bertz CT molecular complexity index is 579. The highest BCUT2D eigenvalue weighted by Crippen LogP contribution is 2.32. The van der Waals surface area contributed by atoms with Crippen LogP contribution < -0.4 is 5.73 Å². The summed E-state index contributed by atoms with van der Waals surface area (Å²) in [5.41, 5.74) is 9.44. The zero-order chi connectivity index (χ0) is 13.9. The van der Waals surface area contributed by atoms with Crippen molar-refractivity contribution in [2.45, 2.75) is 32.0 Å². The third kappa shape index (κ3) is 3.22. The van der Waals surface area contributed by atoms with Crippen LogP contribution in [0.3, 0.4) is 0 Å². The highest BCUT2D eigenvalue weighted by molar-refractivity contribution is 9.10. The second kappa shape index (κ2) is 5.98. The molecular weight excluding hydrogens is 312 g/mol. The quantitative estimate of drug-likeness (QED) is 0.832. The molecule has 0 amide bonds. The van der Waals surface area contributed by atoms with Crippen LogP contribution >= 0.6 is 15.9 Å². The summed E-state index contributed by atoms with van der Waals surface area (Å²) in [6, 6.07) is 17.5. The first kappa shape index (κ1) is 13.7. The molecule has 0 bridgehead atoms. The van der Waals surface area contributed by atoms with Gasteiger partial charge in [-0.05, 0) is 46.0 Å². The van der Waals surface area contributed by atoms with Crippen LogP contribution in [0.5, 0.6) is 0 Å². The number of nitrogen functional groups attached to an aromatic ring is 1. The molecule has 0 saturated heterocycles. The predicted octanol–water partition coefficient (Wildman–Crippen LogP) is 4.20. The average molecular weight is 331 g/mol. The monoisotopic (exact) mass is 330 g/mol. The molecule has 1 aliphatic carbocycles. The molecule has 1 fully saturated rings. The van der Waals surface area contributed by atoms with Gasteiger partial charge < -0.3 is 5.73 Å². The number of nitrogens with two attached hydrogens (primary N) is 1. The lowest BCUT2D eigenvalue weighted by atomic mass is 10.1. The minimum Gasteiger partial charge on any atom is -0.398 e. The van der Waals surface area contributed by atoms with E-state index < -0.39 is 0 Å². The molecular formula is C17H19BrN2. The van der Waals surface area contributed by atoms with Gasteiger partial charge >= 0.3 is 0 Å². The maximum absolute atomic E-state index is 5.98. The Labute approximate surface area is 128 Å². The van der Waals surface area contributed by atoms with Crippen LogP contribution in [0.25, 0.3) is 0 Å². The van der Waals surface area contributed by atoms with E-state index >= 15 is 0 Å². The summed E-state index contributed by atoms with van der Waals surface area (Å²) >= 11 is 3.61. The van der Waals surface area contributed by atoms with Crippen LogP contribution in [0.15, 0.2) is 53.0 Å². The van der Waals surface area contributed by atoms with E-state index in [9.17, 15) is 0 Å². The molecule has 20 heavy (non-hydrogen) atoms. The van der Waals surface area contributed by atoms with E-state index in [1.165, 1.54) is 24.0 Å². The average Bonchev–Trinajstić information content (AvgIpc) is 3.29. The molecule has 3 heteroatoms. The van der Waals surface area contributed by atoms with Gasteiger partial charge in [0.25, 0.3) is 0 Å². The zero-order valence-corrected chi connectivity index (χ0v) is 13.0. The Kier molecular flexibility index (Phi) is 4.08. The van der Waals surface area contributed by atoms with Crippen molar-refractivity contribution in [2.24, 2.45) is 0 Å². The number of rotatable bonds is 5. The first-order valence-corrected chi connectivity index (χ1v) is 7.84. The van der Waals surface area contributed by atoms with Gasteiger partial charge in [-0.1, -0.05) is 42.5 Å². The zero-order valence-electron chi connectivity index (χ0n) is 11.4. The van der Waals surface area contributed by atoms with Crippen molar-refractivity contribution in [2.75, 3.05) is 5.73 Å². The Morgan fingerprint density at radius 2 is 1.75 bits per heavy atom. The van der Waals surface area contributed by atoms with Crippen molar-refractivity contribution in [3.63, 3.8) is 0 Å². The first-order valence-electron chi connectivity index (χ1n) is 7.05. The molecule has 1 saturated carbocycles. The molecule has 2 N–H and O–H groups in total. The number of anilines is 1. The molecule has 0 aromatic heterocycles. The number of halogens is 1. The van der Waals surface area contributed by atoms with Crippen LogP contribution in [-0.2, 0) is 13.1 Å². The lowest BCUT2D eigenvalue weighted by molar-refractivity contribution is 0.245. The number of nitrogens with zero attached hydrogens (tertiary/aromatic N) is 1. The molecule has 0 radical (unpaired) electrons. The lowest BCUT2D eigenvalue weighted by Crippen LogP contribution is -2.25. The first-order chi connectivity index (χ1) is 9.74. The van der Waals surface area contributed by atoms with E-state index in [1.807, 2.05) is 12.1 Å². The van der Waals surface area contributed by atoms with Crippen molar-refractivity contribution < 1.29 is 0 Å². The fourth-order valence-corrected chi connectivity index (χ4v) is 2.90. The van der Waals surface area contributed by atoms with Gasteiger partial charge in [-0.2, -0.15) is 0 Å². The van der Waals surface area contributed by atoms with Gasteiger partial charge in [-0.15, -0.1) is 0 Å². The fourth-order valence-electron chi connectivity index (χ4n) is 2.51. The fraction of sp³-hybridized carbons (Fsp3) is 0.294. The highest BCUT2D eigenvalue weighted by Gasteiger charge is 2.29. The molecule has 2 aromatic carbocycles. The molecule has 0 spiro atoms. The van der Waals surface area contributed by atoms with Gasteiger partial charge in [0.1, 0.15) is 0 Å². The normalized spacial score (nSPS) is 14.7. The van der Waals surface area contributed by atoms with Gasteiger partial charge in [-0.3, -0.25) is 4.90 Å². The van der Waals surface area contributed by atoms with E-state index in [-0.39, 0.29) is 0 Å². The Hall–Kier alpha value is -1.32. The number of hydrogen-bond acceptors (Lipinski definition) is 2. The van der Waals surface area contributed by atoms with Gasteiger partial charge in [0.05, 0.1) is 0 Å². The maximum Gasteiger partial charge on any atom is 0.0461 e. The summed E-state index contributed by atoms with van der Waals surface area (Å²) in [7, 11) is 0. The number of hydrogen-bond donors (Lipinski definition) is 1. The topological polar surface area (TPSA) is 29.3 Å². The Balaban J connectivity index is 1.76. The van der Waals surface area contributed by atoms with Crippen LogP contribution in [0.4, 0.5) is 5.69 Å². The summed E-state index contributed by atoms with van der Waals surface area (Å²) in [4.78, 5) is 2.55. The maximum atomic E-state index is 5.98. The molecule has 2 nitrogen and oxygen atoms in total.